The van der Waals surface area contributed by atoms with E-state index in [4.69, 9.17) is 11.6 Å². The monoisotopic (exact) mass is 461 g/mol. The predicted octanol–water partition coefficient (Wildman–Crippen LogP) is 5.68. The highest BCUT2D eigenvalue weighted by atomic mass is 35.5. The van der Waals surface area contributed by atoms with Crippen molar-refractivity contribution in [1.82, 2.24) is 29.9 Å². The fourth-order valence-corrected chi connectivity index (χ4v) is 3.19. The van der Waals surface area contributed by atoms with Crippen molar-refractivity contribution in [2.24, 2.45) is 0 Å². The zero-order chi connectivity index (χ0) is 23.6. The summed E-state index contributed by atoms with van der Waals surface area (Å²) in [6.45, 7) is 8.32. The molecule has 4 rings (SSSR count). The molecule has 4 heterocycles. The van der Waals surface area contributed by atoms with Gasteiger partial charge in [-0.15, -0.1) is 0 Å². The standard InChI is InChI=1S/C14H18N4.C11H10ClN3/c1-4-11-9-16-14(12-7-5-6-8-15-12)18-13(11)17-10(2)3;1-2-8-7-14-11(15-10(8)12)9-5-3-4-6-13-9/h5-10H,4H2,1-3H3,(H,16,17,18);3-7H,2H2,1H3. The molecule has 0 radical (unpaired) electrons. The van der Waals surface area contributed by atoms with Crippen LogP contribution < -0.4 is 5.32 Å². The normalized spacial score (nSPS) is 10.5. The highest BCUT2D eigenvalue weighted by molar-refractivity contribution is 6.30. The van der Waals surface area contributed by atoms with Gasteiger partial charge in [0.05, 0.1) is 0 Å². The Morgan fingerprint density at radius 1 is 0.758 bits per heavy atom. The van der Waals surface area contributed by atoms with E-state index >= 15 is 0 Å². The molecule has 0 aliphatic rings. The summed E-state index contributed by atoms with van der Waals surface area (Å²) in [6, 6.07) is 11.7. The maximum Gasteiger partial charge on any atom is 0.180 e. The van der Waals surface area contributed by atoms with Crippen LogP contribution >= 0.6 is 11.6 Å². The molecule has 170 valence electrons. The van der Waals surface area contributed by atoms with Crippen molar-refractivity contribution in [3.05, 3.63) is 77.5 Å². The van der Waals surface area contributed by atoms with Crippen LogP contribution in [0.1, 0.15) is 38.8 Å². The molecule has 4 aromatic heterocycles. The summed E-state index contributed by atoms with van der Waals surface area (Å²) in [5, 5.41) is 3.86. The molecule has 0 saturated heterocycles. The fourth-order valence-electron chi connectivity index (χ4n) is 2.92. The van der Waals surface area contributed by atoms with Crippen molar-refractivity contribution in [2.75, 3.05) is 5.32 Å². The Morgan fingerprint density at radius 3 is 1.76 bits per heavy atom. The Kier molecular flexibility index (Phi) is 8.78. The van der Waals surface area contributed by atoms with Gasteiger partial charge in [0.25, 0.3) is 0 Å². The van der Waals surface area contributed by atoms with Crippen LogP contribution in [0.4, 0.5) is 5.82 Å². The van der Waals surface area contributed by atoms with Crippen molar-refractivity contribution in [3.8, 4) is 23.0 Å². The first-order valence-corrected chi connectivity index (χ1v) is 11.4. The third kappa shape index (κ3) is 6.76. The molecule has 0 atom stereocenters. The summed E-state index contributed by atoms with van der Waals surface area (Å²) in [6.07, 6.45) is 8.84. The van der Waals surface area contributed by atoms with Gasteiger partial charge in [0, 0.05) is 42.0 Å². The van der Waals surface area contributed by atoms with Crippen molar-refractivity contribution < 1.29 is 0 Å². The van der Waals surface area contributed by atoms with Crippen molar-refractivity contribution >= 4 is 17.4 Å². The molecule has 0 bridgehead atoms. The molecule has 4 aromatic rings. The minimum atomic E-state index is 0.349. The van der Waals surface area contributed by atoms with Gasteiger partial charge in [-0.1, -0.05) is 37.6 Å². The summed E-state index contributed by atoms with van der Waals surface area (Å²) in [4.78, 5) is 25.8. The zero-order valence-corrected chi connectivity index (χ0v) is 20.1. The van der Waals surface area contributed by atoms with E-state index in [1.807, 2.05) is 49.5 Å². The molecule has 0 aliphatic carbocycles. The predicted molar refractivity (Wildman–Crippen MR) is 133 cm³/mol. The van der Waals surface area contributed by atoms with E-state index in [-0.39, 0.29) is 0 Å². The fraction of sp³-hybridized carbons (Fsp3) is 0.280. The van der Waals surface area contributed by atoms with Gasteiger partial charge in [-0.05, 0) is 51.0 Å². The first-order valence-electron chi connectivity index (χ1n) is 11.0. The Balaban J connectivity index is 0.000000189. The number of anilines is 1. The smallest absolute Gasteiger partial charge is 0.180 e. The van der Waals surface area contributed by atoms with Gasteiger partial charge >= 0.3 is 0 Å². The number of aromatic nitrogens is 6. The van der Waals surface area contributed by atoms with Crippen molar-refractivity contribution in [1.29, 1.82) is 0 Å². The summed E-state index contributed by atoms with van der Waals surface area (Å²) in [5.41, 5.74) is 3.62. The Morgan fingerprint density at radius 2 is 1.30 bits per heavy atom. The van der Waals surface area contributed by atoms with E-state index in [9.17, 15) is 0 Å². The topological polar surface area (TPSA) is 89.4 Å². The minimum absolute atomic E-state index is 0.349. The molecule has 1 N–H and O–H groups in total. The molecule has 0 aromatic carbocycles. The van der Waals surface area contributed by atoms with E-state index in [1.54, 1.807) is 18.6 Å². The number of hydrogen-bond acceptors (Lipinski definition) is 7. The number of hydrogen-bond donors (Lipinski definition) is 1. The number of nitrogens with zero attached hydrogens (tertiary/aromatic N) is 6. The molecule has 0 unspecified atom stereocenters. The van der Waals surface area contributed by atoms with Gasteiger partial charge in [0.15, 0.2) is 11.6 Å². The average Bonchev–Trinajstić information content (AvgIpc) is 2.85. The number of rotatable bonds is 6. The molecule has 0 spiro atoms. The molecule has 0 aliphatic heterocycles. The Bertz CT molecular complexity index is 1150. The second kappa shape index (κ2) is 12.0. The second-order valence-corrected chi connectivity index (χ2v) is 7.87. The van der Waals surface area contributed by atoms with Crippen LogP contribution in [-0.2, 0) is 12.8 Å². The number of nitrogens with one attached hydrogen (secondary N) is 1. The van der Waals surface area contributed by atoms with Gasteiger partial charge in [-0.25, -0.2) is 19.9 Å². The quantitative estimate of drug-likeness (QED) is 0.369. The highest BCUT2D eigenvalue weighted by Gasteiger charge is 2.09. The van der Waals surface area contributed by atoms with Crippen LogP contribution in [0.25, 0.3) is 23.0 Å². The van der Waals surface area contributed by atoms with Crippen molar-refractivity contribution in [3.63, 3.8) is 0 Å². The average molecular weight is 462 g/mol. The van der Waals surface area contributed by atoms with E-state index in [0.29, 0.717) is 22.8 Å². The third-order valence-corrected chi connectivity index (χ3v) is 4.98. The maximum absolute atomic E-state index is 6.00. The first-order chi connectivity index (χ1) is 16.0. The zero-order valence-electron chi connectivity index (χ0n) is 19.3. The van der Waals surface area contributed by atoms with Crippen LogP contribution in [0.15, 0.2) is 61.2 Å². The van der Waals surface area contributed by atoms with E-state index in [0.717, 1.165) is 41.2 Å². The first kappa shape index (κ1) is 24.2. The molecular formula is C25H28ClN7. The largest absolute Gasteiger partial charge is 0.368 e. The summed E-state index contributed by atoms with van der Waals surface area (Å²) in [5.74, 6) is 2.14. The SMILES string of the molecule is CCc1cnc(-c2ccccn2)nc1Cl.CCc1cnc(-c2ccccn2)nc1NC(C)C. The molecule has 8 heteroatoms. The number of aryl methyl sites for hydroxylation is 2. The van der Waals surface area contributed by atoms with Gasteiger partial charge in [-0.3, -0.25) is 9.97 Å². The van der Waals surface area contributed by atoms with Gasteiger partial charge < -0.3 is 5.32 Å². The number of pyridine rings is 2. The molecule has 0 saturated carbocycles. The van der Waals surface area contributed by atoms with E-state index in [2.05, 4.69) is 56.0 Å². The molecular weight excluding hydrogens is 434 g/mol. The maximum atomic E-state index is 6.00. The summed E-state index contributed by atoms with van der Waals surface area (Å²) < 4.78 is 0. The van der Waals surface area contributed by atoms with Crippen LogP contribution in [0.3, 0.4) is 0 Å². The van der Waals surface area contributed by atoms with E-state index in [1.165, 1.54) is 0 Å². The van der Waals surface area contributed by atoms with Crippen LogP contribution in [0.2, 0.25) is 5.15 Å². The third-order valence-electron chi connectivity index (χ3n) is 4.65. The van der Waals surface area contributed by atoms with Gasteiger partial charge in [0.1, 0.15) is 22.4 Å². The van der Waals surface area contributed by atoms with Crippen LogP contribution in [0.5, 0.6) is 0 Å². The second-order valence-electron chi connectivity index (χ2n) is 7.51. The van der Waals surface area contributed by atoms with Crippen molar-refractivity contribution in [2.45, 2.75) is 46.6 Å². The molecule has 33 heavy (non-hydrogen) atoms. The van der Waals surface area contributed by atoms with Crippen LogP contribution in [-0.4, -0.2) is 35.9 Å². The Labute approximate surface area is 199 Å². The summed E-state index contributed by atoms with van der Waals surface area (Å²) in [7, 11) is 0. The lowest BCUT2D eigenvalue weighted by atomic mass is 10.2. The lowest BCUT2D eigenvalue weighted by Crippen LogP contribution is -2.13. The molecule has 0 amide bonds. The van der Waals surface area contributed by atoms with E-state index < -0.39 is 0 Å². The van der Waals surface area contributed by atoms with Crippen LogP contribution in [0, 0.1) is 0 Å². The van der Waals surface area contributed by atoms with Gasteiger partial charge in [0.2, 0.25) is 0 Å². The van der Waals surface area contributed by atoms with Gasteiger partial charge in [-0.2, -0.15) is 0 Å². The number of halogens is 1. The Hall–Kier alpha value is -3.45. The summed E-state index contributed by atoms with van der Waals surface area (Å²) >= 11 is 6.00. The lowest BCUT2D eigenvalue weighted by molar-refractivity contribution is 0.876. The molecule has 7 nitrogen and oxygen atoms in total. The minimum Gasteiger partial charge on any atom is -0.368 e. The molecule has 0 fully saturated rings. The lowest BCUT2D eigenvalue weighted by Gasteiger charge is -2.13. The highest BCUT2D eigenvalue weighted by Crippen LogP contribution is 2.19.